The molecular weight excluding hydrogens is 359 g/mol. The van der Waals surface area contributed by atoms with E-state index in [1.54, 1.807) is 29.1 Å². The maximum absolute atomic E-state index is 13.8. The molecule has 3 heterocycles. The third-order valence-electron chi connectivity index (χ3n) is 4.57. The van der Waals surface area contributed by atoms with Gasteiger partial charge in [0.25, 0.3) is 0 Å². The molecule has 28 heavy (non-hydrogen) atoms. The van der Waals surface area contributed by atoms with Crippen LogP contribution in [0.4, 0.5) is 10.2 Å². The molecular formula is C21H19FN4O2. The lowest BCUT2D eigenvalue weighted by molar-refractivity contribution is 0.0397. The summed E-state index contributed by atoms with van der Waals surface area (Å²) in [5.74, 6) is 6.36. The van der Waals surface area contributed by atoms with Crippen molar-refractivity contribution in [3.8, 4) is 23.3 Å². The molecule has 4 rings (SSSR count). The molecule has 0 radical (unpaired) electrons. The first-order chi connectivity index (χ1) is 13.5. The van der Waals surface area contributed by atoms with Crippen LogP contribution in [-0.2, 0) is 17.8 Å². The number of hydrogen-bond acceptors (Lipinski definition) is 5. The van der Waals surface area contributed by atoms with Crippen LogP contribution < -0.4 is 10.5 Å². The summed E-state index contributed by atoms with van der Waals surface area (Å²) in [5, 5.41) is 4.67. The first-order valence-corrected chi connectivity index (χ1v) is 8.85. The van der Waals surface area contributed by atoms with Gasteiger partial charge in [0.2, 0.25) is 0 Å². The van der Waals surface area contributed by atoms with Gasteiger partial charge in [-0.25, -0.2) is 14.1 Å². The molecule has 1 aromatic carbocycles. The number of aromatic nitrogens is 3. The summed E-state index contributed by atoms with van der Waals surface area (Å²) in [6.45, 7) is 2.44. The number of nitrogens with zero attached hydrogens (tertiary/aromatic N) is 3. The van der Waals surface area contributed by atoms with E-state index in [9.17, 15) is 4.39 Å². The van der Waals surface area contributed by atoms with Crippen molar-refractivity contribution in [3.63, 3.8) is 0 Å². The van der Waals surface area contributed by atoms with Crippen LogP contribution in [0, 0.1) is 17.7 Å². The van der Waals surface area contributed by atoms with Gasteiger partial charge in [0.05, 0.1) is 31.2 Å². The van der Waals surface area contributed by atoms with Crippen LogP contribution in [0.15, 0.2) is 36.5 Å². The minimum Gasteiger partial charge on any atom is -0.494 e. The van der Waals surface area contributed by atoms with E-state index in [2.05, 4.69) is 21.9 Å². The van der Waals surface area contributed by atoms with E-state index < -0.39 is 5.82 Å². The highest BCUT2D eigenvalue weighted by atomic mass is 19.1. The summed E-state index contributed by atoms with van der Waals surface area (Å²) < 4.78 is 26.5. The number of hydrogen-bond donors (Lipinski definition) is 1. The zero-order valence-electron chi connectivity index (χ0n) is 15.6. The first-order valence-electron chi connectivity index (χ1n) is 8.85. The molecule has 2 aromatic heterocycles. The Morgan fingerprint density at radius 3 is 2.89 bits per heavy atom. The van der Waals surface area contributed by atoms with E-state index in [4.69, 9.17) is 15.2 Å². The highest BCUT2D eigenvalue weighted by molar-refractivity contribution is 5.49. The average Bonchev–Trinajstić information content (AvgIpc) is 3.05. The van der Waals surface area contributed by atoms with Crippen LogP contribution in [0.3, 0.4) is 0 Å². The van der Waals surface area contributed by atoms with E-state index >= 15 is 0 Å². The highest BCUT2D eigenvalue weighted by Gasteiger charge is 2.25. The lowest BCUT2D eigenvalue weighted by atomic mass is 10.1. The molecule has 0 bridgehead atoms. The molecule has 7 heteroatoms. The number of fused-ring (bicyclic) bond motifs is 1. The second-order valence-corrected chi connectivity index (χ2v) is 6.55. The van der Waals surface area contributed by atoms with Crippen molar-refractivity contribution in [2.75, 3.05) is 12.8 Å². The Hall–Kier alpha value is -3.37. The number of halogens is 1. The van der Waals surface area contributed by atoms with Crippen LogP contribution in [0.5, 0.6) is 5.75 Å². The molecule has 0 saturated heterocycles. The van der Waals surface area contributed by atoms with Crippen LogP contribution in [0.1, 0.15) is 29.4 Å². The van der Waals surface area contributed by atoms with Crippen molar-refractivity contribution in [2.24, 2.45) is 0 Å². The summed E-state index contributed by atoms with van der Waals surface area (Å²) in [5.41, 5.74) is 9.64. The quantitative estimate of drug-likeness (QED) is 0.694. The van der Waals surface area contributed by atoms with E-state index in [1.165, 1.54) is 13.2 Å². The Balaban J connectivity index is 1.79. The molecule has 0 fully saturated rings. The molecule has 0 aliphatic carbocycles. The Morgan fingerprint density at radius 1 is 1.29 bits per heavy atom. The van der Waals surface area contributed by atoms with Gasteiger partial charge in [0.15, 0.2) is 11.6 Å². The van der Waals surface area contributed by atoms with Crippen molar-refractivity contribution in [3.05, 3.63) is 64.9 Å². The SMILES string of the molecule is COc1cc(-n2nc(C#Cc3ccc(N)nc3)c3c2CC(C)OC3)ccc1F. The number of ether oxygens (including phenoxy) is 2. The lowest BCUT2D eigenvalue weighted by Gasteiger charge is -2.21. The van der Waals surface area contributed by atoms with Gasteiger partial charge in [0, 0.05) is 29.8 Å². The van der Waals surface area contributed by atoms with Gasteiger partial charge < -0.3 is 15.2 Å². The number of methoxy groups -OCH3 is 1. The van der Waals surface area contributed by atoms with Gasteiger partial charge in [-0.3, -0.25) is 0 Å². The first kappa shape index (κ1) is 18.0. The Morgan fingerprint density at radius 2 is 2.14 bits per heavy atom. The van der Waals surface area contributed by atoms with Crippen LogP contribution in [-0.4, -0.2) is 28.0 Å². The molecule has 0 saturated carbocycles. The molecule has 1 aliphatic heterocycles. The third-order valence-corrected chi connectivity index (χ3v) is 4.57. The molecule has 2 N–H and O–H groups in total. The van der Waals surface area contributed by atoms with E-state index in [1.807, 2.05) is 13.0 Å². The van der Waals surface area contributed by atoms with Gasteiger partial charge in [-0.05, 0) is 37.1 Å². The predicted molar refractivity (Wildman–Crippen MR) is 103 cm³/mol. The monoisotopic (exact) mass is 378 g/mol. The Labute approximate surface area is 162 Å². The summed E-state index contributed by atoms with van der Waals surface area (Å²) in [6.07, 6.45) is 2.37. The summed E-state index contributed by atoms with van der Waals surface area (Å²) in [7, 11) is 1.44. The number of benzene rings is 1. The van der Waals surface area contributed by atoms with Crippen molar-refractivity contribution in [1.82, 2.24) is 14.8 Å². The summed E-state index contributed by atoms with van der Waals surface area (Å²) in [6, 6.07) is 8.18. The van der Waals surface area contributed by atoms with Crippen molar-refractivity contribution in [2.45, 2.75) is 26.1 Å². The van der Waals surface area contributed by atoms with E-state index in [0.717, 1.165) is 16.8 Å². The van der Waals surface area contributed by atoms with E-state index in [0.29, 0.717) is 30.2 Å². The Bertz CT molecular complexity index is 1080. The largest absolute Gasteiger partial charge is 0.494 e. The fourth-order valence-corrected chi connectivity index (χ4v) is 3.11. The lowest BCUT2D eigenvalue weighted by Crippen LogP contribution is -2.21. The van der Waals surface area contributed by atoms with Gasteiger partial charge in [-0.2, -0.15) is 5.10 Å². The number of rotatable bonds is 2. The maximum Gasteiger partial charge on any atom is 0.165 e. The van der Waals surface area contributed by atoms with Crippen LogP contribution >= 0.6 is 0 Å². The normalized spacial score (nSPS) is 15.5. The van der Waals surface area contributed by atoms with Gasteiger partial charge in [-0.1, -0.05) is 5.92 Å². The fraction of sp³-hybridized carbons (Fsp3) is 0.238. The Kier molecular flexibility index (Phi) is 4.72. The molecule has 1 unspecified atom stereocenters. The smallest absolute Gasteiger partial charge is 0.165 e. The zero-order valence-corrected chi connectivity index (χ0v) is 15.6. The topological polar surface area (TPSA) is 75.2 Å². The number of pyridine rings is 1. The van der Waals surface area contributed by atoms with Gasteiger partial charge in [0.1, 0.15) is 11.5 Å². The maximum atomic E-state index is 13.8. The van der Waals surface area contributed by atoms with Gasteiger partial charge >= 0.3 is 0 Å². The molecule has 142 valence electrons. The molecule has 3 aromatic rings. The second kappa shape index (κ2) is 7.33. The fourth-order valence-electron chi connectivity index (χ4n) is 3.11. The number of nitrogens with two attached hydrogens (primary N) is 1. The third kappa shape index (κ3) is 3.42. The number of nitrogen functional groups attached to an aromatic ring is 1. The second-order valence-electron chi connectivity index (χ2n) is 6.55. The zero-order chi connectivity index (χ0) is 19.7. The highest BCUT2D eigenvalue weighted by Crippen LogP contribution is 2.28. The van der Waals surface area contributed by atoms with Crippen LogP contribution in [0.2, 0.25) is 0 Å². The van der Waals surface area contributed by atoms with Crippen LogP contribution in [0.25, 0.3) is 5.69 Å². The standard InChI is InChI=1S/C21H19FN4O2/c1-13-9-19-16(12-28-13)18(7-3-14-4-8-21(23)24-11-14)25-26(19)15-5-6-17(22)20(10-15)27-2/h4-6,8,10-11,13H,9,12H2,1-2H3,(H2,23,24). The van der Waals surface area contributed by atoms with Crippen molar-refractivity contribution >= 4 is 5.82 Å². The molecule has 0 amide bonds. The van der Waals surface area contributed by atoms with Crippen molar-refractivity contribution < 1.29 is 13.9 Å². The average molecular weight is 378 g/mol. The minimum atomic E-state index is -0.417. The minimum absolute atomic E-state index is 0.0624. The predicted octanol–water partition coefficient (Wildman–Crippen LogP) is 2.86. The molecule has 0 spiro atoms. The molecule has 1 atom stereocenters. The molecule has 6 nitrogen and oxygen atoms in total. The summed E-state index contributed by atoms with van der Waals surface area (Å²) in [4.78, 5) is 4.04. The van der Waals surface area contributed by atoms with Crippen molar-refractivity contribution in [1.29, 1.82) is 0 Å². The number of anilines is 1. The summed E-state index contributed by atoms with van der Waals surface area (Å²) >= 11 is 0. The molecule has 1 aliphatic rings. The van der Waals surface area contributed by atoms with Gasteiger partial charge in [-0.15, -0.1) is 0 Å². The van der Waals surface area contributed by atoms with E-state index in [-0.39, 0.29) is 11.9 Å².